The Morgan fingerprint density at radius 1 is 1.00 bits per heavy atom. The molecule has 1 amide bonds. The molecular weight excluding hydrogens is 547 g/mol. The molecule has 0 aliphatic carbocycles. The maximum atomic E-state index is 11.7. The first-order chi connectivity index (χ1) is 5.02. The van der Waals surface area contributed by atoms with E-state index in [9.17, 15) is 18.0 Å². The third kappa shape index (κ3) is 10.5. The van der Waals surface area contributed by atoms with Gasteiger partial charge in [0.25, 0.3) is 0 Å². The fraction of sp³-hybridized carbons (Fsp3) is 0.750. The normalized spacial score (nSPS) is 13.9. The van der Waals surface area contributed by atoms with Gasteiger partial charge in [-0.25, -0.2) is 0 Å². The molecule has 0 unspecified atom stereocenters. The van der Waals surface area contributed by atoms with Crippen LogP contribution in [-0.2, 0) is 136 Å². The summed E-state index contributed by atoms with van der Waals surface area (Å²) in [6, 6.07) is 1.44. The first-order valence-corrected chi connectivity index (χ1v) is 5.21. The number of rotatable bonds is 0. The Morgan fingerprint density at radius 2 is 1.33 bits per heavy atom. The van der Waals surface area contributed by atoms with Crippen molar-refractivity contribution in [3.8, 4) is 0 Å². The fourth-order valence-corrected chi connectivity index (χ4v) is 3.66. The molecule has 0 saturated carbocycles. The predicted molar refractivity (Wildman–Crippen MR) is 34.0 cm³/mol. The van der Waals surface area contributed by atoms with Crippen molar-refractivity contribution >= 4 is 25.3 Å². The maximum absolute atomic E-state index is 11.7. The summed E-state index contributed by atoms with van der Waals surface area (Å²) in [5, 5.41) is 0. The average molecular weight is 551 g/mol. The number of nitrogens with zero attached hydrogens (tertiary/aromatic N) is 1. The molecule has 11 heteroatoms. The number of carbonyl (C=O) groups excluding carboxylic acids is 1. The molecule has 0 bridgehead atoms. The summed E-state index contributed by atoms with van der Waals surface area (Å²) in [4.78, 5) is 10.5. The van der Waals surface area contributed by atoms with Crippen molar-refractivity contribution in [2.75, 3.05) is 0 Å². The molecule has 0 aromatic carbocycles. The first-order valence-electron chi connectivity index (χ1n) is 2.90. The number of hydrogen-bond donors (Lipinski definition) is 0. The number of amides is 1. The van der Waals surface area contributed by atoms with Gasteiger partial charge >= 0.3 is 12.1 Å². The topological polar surface area (TPSA) is 20.3 Å². The first kappa shape index (κ1) is 27.5. The molecule has 0 aromatic rings. The van der Waals surface area contributed by atoms with Crippen LogP contribution in [0.15, 0.2) is 0 Å². The van der Waals surface area contributed by atoms with Crippen LogP contribution in [0.5, 0.6) is 0 Å². The van der Waals surface area contributed by atoms with E-state index in [1.807, 2.05) is 0 Å². The summed E-state index contributed by atoms with van der Waals surface area (Å²) in [5.74, 6) is -1.67. The molecule has 0 atom stereocenters. The van der Waals surface area contributed by atoms with Crippen molar-refractivity contribution in [2.45, 2.75) is 18.3 Å². The largest absolute Gasteiger partial charge is 0.469 e. The van der Waals surface area contributed by atoms with E-state index in [0.717, 1.165) is 16.3 Å². The zero-order valence-corrected chi connectivity index (χ0v) is 21.1. The standard InChI is InChI=1S/C4H4F3NOSi2.4Y/c5-4(6,7)3(9)8-10-1-2-11-8;;;;/h1-2H2;;;;. The van der Waals surface area contributed by atoms with Gasteiger partial charge in [0.2, 0.25) is 0 Å². The Labute approximate surface area is 192 Å². The summed E-state index contributed by atoms with van der Waals surface area (Å²) in [6.45, 7) is 0. The zero-order valence-electron chi connectivity index (χ0n) is 7.71. The molecule has 1 aliphatic heterocycles. The number of alkyl halides is 3. The Kier molecular flexibility index (Phi) is 24.0. The Morgan fingerprint density at radius 3 is 1.60 bits per heavy atom. The minimum Gasteiger partial charge on any atom is -0.389 e. The second-order valence-electron chi connectivity index (χ2n) is 1.95. The Bertz CT molecular complexity index is 178. The summed E-state index contributed by atoms with van der Waals surface area (Å²) in [7, 11) is 0.0596. The van der Waals surface area contributed by atoms with Crippen LogP contribution in [0.25, 0.3) is 0 Å². The van der Waals surface area contributed by atoms with E-state index in [1.54, 1.807) is 0 Å². The summed E-state index contributed by atoms with van der Waals surface area (Å²) >= 11 is 0. The van der Waals surface area contributed by atoms with E-state index < -0.39 is 12.1 Å². The maximum Gasteiger partial charge on any atom is 0.469 e. The third-order valence-corrected chi connectivity index (χ3v) is 4.54. The summed E-state index contributed by atoms with van der Waals surface area (Å²) in [5.41, 5.74) is 0. The molecule has 1 aliphatic rings. The quantitative estimate of drug-likeness (QED) is 0.402. The monoisotopic (exact) mass is 551 g/mol. The van der Waals surface area contributed by atoms with Crippen LogP contribution in [0.1, 0.15) is 0 Å². The molecule has 1 heterocycles. The molecule has 1 rings (SSSR count). The fourth-order valence-electron chi connectivity index (χ4n) is 0.662. The van der Waals surface area contributed by atoms with Gasteiger partial charge in [-0.1, -0.05) is 0 Å². The molecule has 0 N–H and O–H groups in total. The van der Waals surface area contributed by atoms with Crippen molar-refractivity contribution in [1.29, 1.82) is 0 Å². The van der Waals surface area contributed by atoms with Crippen LogP contribution >= 0.6 is 0 Å². The van der Waals surface area contributed by atoms with Gasteiger partial charge in [-0.05, 0) is 12.1 Å². The van der Waals surface area contributed by atoms with Crippen molar-refractivity contribution in [3.05, 3.63) is 0 Å². The van der Waals surface area contributed by atoms with Crippen LogP contribution in [0.4, 0.5) is 13.2 Å². The van der Waals surface area contributed by atoms with Gasteiger partial charge in [0.1, 0.15) is 0 Å². The average Bonchev–Trinajstić information content (AvgIpc) is 2.34. The SMILES string of the molecule is O=C(N1[Si]CC[Si]1)C(F)(F)F.[Y].[Y].[Y].[Y]. The molecule has 8 radical (unpaired) electrons. The number of hydrogen-bond acceptors (Lipinski definition) is 1. The number of carbonyl (C=O) groups is 1. The molecular formula is C4H4F3NOSi2Y4. The van der Waals surface area contributed by atoms with E-state index >= 15 is 0 Å². The molecule has 0 spiro atoms. The predicted octanol–water partition coefficient (Wildman–Crippen LogP) is 0.456. The van der Waals surface area contributed by atoms with E-state index in [0.29, 0.717) is 0 Å². The smallest absolute Gasteiger partial charge is 0.389 e. The molecule has 1 fully saturated rings. The second-order valence-corrected chi connectivity index (χ2v) is 4.93. The van der Waals surface area contributed by atoms with E-state index in [4.69, 9.17) is 0 Å². The van der Waals surface area contributed by atoms with Crippen LogP contribution in [-0.4, -0.2) is 35.7 Å². The number of halogens is 3. The van der Waals surface area contributed by atoms with Crippen LogP contribution in [0, 0.1) is 0 Å². The van der Waals surface area contributed by atoms with Gasteiger partial charge in [0.05, 0.1) is 0 Å². The summed E-state index contributed by atoms with van der Waals surface area (Å²) < 4.78 is 36.1. The van der Waals surface area contributed by atoms with Gasteiger partial charge in [-0.15, -0.1) is 0 Å². The minimum absolute atomic E-state index is 0. The molecule has 15 heavy (non-hydrogen) atoms. The minimum atomic E-state index is -4.68. The Hall–Kier alpha value is 4.11. The van der Waals surface area contributed by atoms with Gasteiger partial charge < -0.3 is 4.23 Å². The third-order valence-electron chi connectivity index (χ3n) is 1.11. The van der Waals surface area contributed by atoms with Gasteiger partial charge in [-0.2, -0.15) is 13.2 Å². The van der Waals surface area contributed by atoms with Crippen LogP contribution in [0.2, 0.25) is 12.1 Å². The van der Waals surface area contributed by atoms with Crippen molar-refractivity contribution in [3.63, 3.8) is 0 Å². The van der Waals surface area contributed by atoms with Gasteiger partial charge in [0, 0.05) is 131 Å². The van der Waals surface area contributed by atoms with E-state index in [1.165, 1.54) is 0 Å². The second kappa shape index (κ2) is 13.1. The van der Waals surface area contributed by atoms with Crippen molar-refractivity contribution in [1.82, 2.24) is 4.23 Å². The van der Waals surface area contributed by atoms with Crippen molar-refractivity contribution in [2.24, 2.45) is 0 Å². The summed E-state index contributed by atoms with van der Waals surface area (Å²) in [6.07, 6.45) is -4.68. The van der Waals surface area contributed by atoms with Gasteiger partial charge in [0.15, 0.2) is 19.4 Å². The Balaban J connectivity index is -0.000000151. The van der Waals surface area contributed by atoms with Crippen LogP contribution < -0.4 is 0 Å². The van der Waals surface area contributed by atoms with Gasteiger partial charge in [-0.3, -0.25) is 4.79 Å². The molecule has 72 valence electrons. The molecule has 0 aromatic heterocycles. The van der Waals surface area contributed by atoms with E-state index in [-0.39, 0.29) is 150 Å². The van der Waals surface area contributed by atoms with Crippen molar-refractivity contribution < 1.29 is 149 Å². The zero-order chi connectivity index (χ0) is 8.48. The molecule has 2 nitrogen and oxygen atoms in total. The van der Waals surface area contributed by atoms with E-state index in [2.05, 4.69) is 0 Å². The van der Waals surface area contributed by atoms with Crippen LogP contribution in [0.3, 0.4) is 0 Å². The molecule has 1 saturated heterocycles.